The predicted octanol–water partition coefficient (Wildman–Crippen LogP) is 4.38. The fraction of sp³-hybridized carbons (Fsp3) is 0.417. The molecule has 1 unspecified atom stereocenters. The number of carbonyl (C=O) groups is 2. The molecule has 2 aromatic carbocycles. The number of anilines is 1. The summed E-state index contributed by atoms with van der Waals surface area (Å²) in [6.45, 7) is 2.09. The minimum absolute atomic E-state index is 0.0392. The van der Waals surface area contributed by atoms with Crippen molar-refractivity contribution in [1.29, 1.82) is 0 Å². The zero-order chi connectivity index (χ0) is 21.5. The molecular formula is C24H29N3O3S. The monoisotopic (exact) mass is 439 g/mol. The number of carbonyl (C=O) groups excluding carboxylic acids is 2. The largest absolute Gasteiger partial charge is 0.377 e. The zero-order valence-corrected chi connectivity index (χ0v) is 18.4. The van der Waals surface area contributed by atoms with Crippen LogP contribution < -0.4 is 10.6 Å². The standard InChI is InChI=1S/C24H29N3O3S/c28-23(21-10-4-5-11-22(21)31-17-20-9-6-16-30-20)25-19-12-14-27(15-13-19)24(29)26-18-7-2-1-3-8-18/h1-5,7-8,10-11,19-20H,6,9,12-17H2,(H,25,28)(H,26,29). The SMILES string of the molecule is O=C(NC1CCN(C(=O)Nc2ccccc2)CC1)c1ccccc1SCC1CCCO1. The Balaban J connectivity index is 1.27. The molecule has 3 amide bonds. The molecule has 2 aliphatic heterocycles. The van der Waals surface area contributed by atoms with Crippen molar-refractivity contribution in [3.8, 4) is 0 Å². The molecule has 2 N–H and O–H groups in total. The lowest BCUT2D eigenvalue weighted by Crippen LogP contribution is -2.47. The summed E-state index contributed by atoms with van der Waals surface area (Å²) in [5.41, 5.74) is 1.51. The van der Waals surface area contributed by atoms with Crippen molar-refractivity contribution in [3.05, 3.63) is 60.2 Å². The fourth-order valence-electron chi connectivity index (χ4n) is 3.95. The number of rotatable bonds is 6. The third-order valence-electron chi connectivity index (χ3n) is 5.72. The van der Waals surface area contributed by atoms with Crippen LogP contribution in [0.3, 0.4) is 0 Å². The van der Waals surface area contributed by atoms with Gasteiger partial charge in [-0.05, 0) is 49.9 Å². The highest BCUT2D eigenvalue weighted by Gasteiger charge is 2.25. The summed E-state index contributed by atoms with van der Waals surface area (Å²) in [4.78, 5) is 28.2. The van der Waals surface area contributed by atoms with Crippen LogP contribution in [0.2, 0.25) is 0 Å². The van der Waals surface area contributed by atoms with E-state index in [9.17, 15) is 9.59 Å². The normalized spacial score (nSPS) is 19.2. The quantitative estimate of drug-likeness (QED) is 0.655. The van der Waals surface area contributed by atoms with Gasteiger partial charge in [-0.2, -0.15) is 0 Å². The minimum Gasteiger partial charge on any atom is -0.377 e. The molecule has 0 aromatic heterocycles. The first-order valence-electron chi connectivity index (χ1n) is 10.9. The maximum Gasteiger partial charge on any atom is 0.321 e. The third-order valence-corrected chi connectivity index (χ3v) is 6.93. The van der Waals surface area contributed by atoms with E-state index in [0.29, 0.717) is 13.1 Å². The van der Waals surface area contributed by atoms with Crippen LogP contribution in [0.15, 0.2) is 59.5 Å². The lowest BCUT2D eigenvalue weighted by atomic mass is 10.0. The number of para-hydroxylation sites is 1. The van der Waals surface area contributed by atoms with Gasteiger partial charge in [-0.15, -0.1) is 11.8 Å². The van der Waals surface area contributed by atoms with Crippen LogP contribution in [0, 0.1) is 0 Å². The summed E-state index contributed by atoms with van der Waals surface area (Å²) in [5.74, 6) is 0.835. The number of thioether (sulfide) groups is 1. The van der Waals surface area contributed by atoms with Crippen LogP contribution in [0.4, 0.5) is 10.5 Å². The smallest absolute Gasteiger partial charge is 0.321 e. The molecule has 0 saturated carbocycles. The zero-order valence-electron chi connectivity index (χ0n) is 17.6. The van der Waals surface area contributed by atoms with Gasteiger partial charge in [-0.3, -0.25) is 4.79 Å². The first-order chi connectivity index (χ1) is 15.2. The number of benzene rings is 2. The number of ether oxygens (including phenoxy) is 1. The molecule has 2 fully saturated rings. The Labute approximate surface area is 187 Å². The molecule has 1 atom stereocenters. The number of nitrogens with zero attached hydrogens (tertiary/aromatic N) is 1. The van der Waals surface area contributed by atoms with Crippen LogP contribution in [0.5, 0.6) is 0 Å². The fourth-order valence-corrected chi connectivity index (χ4v) is 5.07. The maximum atomic E-state index is 12.9. The van der Waals surface area contributed by atoms with E-state index in [1.54, 1.807) is 16.7 Å². The van der Waals surface area contributed by atoms with Crippen molar-refractivity contribution in [2.24, 2.45) is 0 Å². The number of hydrogen-bond donors (Lipinski definition) is 2. The van der Waals surface area contributed by atoms with Gasteiger partial charge in [0.05, 0.1) is 11.7 Å². The Bertz CT molecular complexity index is 879. The average Bonchev–Trinajstić information content (AvgIpc) is 3.33. The number of likely N-dealkylation sites (tertiary alicyclic amines) is 1. The van der Waals surface area contributed by atoms with Crippen molar-refractivity contribution in [2.75, 3.05) is 30.8 Å². The van der Waals surface area contributed by atoms with Gasteiger partial charge in [0.15, 0.2) is 0 Å². The van der Waals surface area contributed by atoms with Crippen molar-refractivity contribution < 1.29 is 14.3 Å². The van der Waals surface area contributed by atoms with E-state index < -0.39 is 0 Å². The molecule has 0 bridgehead atoms. The summed E-state index contributed by atoms with van der Waals surface area (Å²) in [5, 5.41) is 6.10. The van der Waals surface area contributed by atoms with Gasteiger partial charge in [0.1, 0.15) is 0 Å². The van der Waals surface area contributed by atoms with E-state index in [1.807, 2.05) is 54.6 Å². The van der Waals surface area contributed by atoms with Crippen LogP contribution >= 0.6 is 11.8 Å². The minimum atomic E-state index is -0.0909. The highest BCUT2D eigenvalue weighted by Crippen LogP contribution is 2.27. The number of hydrogen-bond acceptors (Lipinski definition) is 4. The number of amides is 3. The second-order valence-corrected chi connectivity index (χ2v) is 9.03. The summed E-state index contributed by atoms with van der Waals surface area (Å²) < 4.78 is 5.70. The van der Waals surface area contributed by atoms with E-state index >= 15 is 0 Å². The Morgan fingerprint density at radius 3 is 2.48 bits per heavy atom. The molecule has 6 nitrogen and oxygen atoms in total. The molecule has 0 aliphatic carbocycles. The molecule has 2 aromatic rings. The van der Waals surface area contributed by atoms with E-state index in [0.717, 1.165) is 54.2 Å². The molecule has 7 heteroatoms. The summed E-state index contributed by atoms with van der Waals surface area (Å²) in [6.07, 6.45) is 4.00. The first-order valence-corrected chi connectivity index (χ1v) is 11.9. The first kappa shape index (κ1) is 21.7. The molecular weight excluding hydrogens is 410 g/mol. The Morgan fingerprint density at radius 1 is 1.00 bits per heavy atom. The summed E-state index contributed by atoms with van der Waals surface area (Å²) >= 11 is 1.69. The Kier molecular flexibility index (Phi) is 7.48. The van der Waals surface area contributed by atoms with Crippen molar-refractivity contribution in [2.45, 2.75) is 42.7 Å². The summed E-state index contributed by atoms with van der Waals surface area (Å²) in [6, 6.07) is 17.2. The molecule has 0 radical (unpaired) electrons. The van der Waals surface area contributed by atoms with Crippen molar-refractivity contribution in [3.63, 3.8) is 0 Å². The van der Waals surface area contributed by atoms with Gasteiger partial charge in [0.25, 0.3) is 5.91 Å². The number of urea groups is 1. The molecule has 2 heterocycles. The van der Waals surface area contributed by atoms with Gasteiger partial charge in [0.2, 0.25) is 0 Å². The van der Waals surface area contributed by atoms with Gasteiger partial charge in [-0.25, -0.2) is 4.79 Å². The molecule has 2 saturated heterocycles. The van der Waals surface area contributed by atoms with Crippen LogP contribution in [-0.4, -0.2) is 54.4 Å². The highest BCUT2D eigenvalue weighted by atomic mass is 32.2. The van der Waals surface area contributed by atoms with Crippen LogP contribution in [0.1, 0.15) is 36.0 Å². The van der Waals surface area contributed by atoms with Gasteiger partial charge in [0, 0.05) is 42.1 Å². The predicted molar refractivity (Wildman–Crippen MR) is 124 cm³/mol. The van der Waals surface area contributed by atoms with Gasteiger partial charge >= 0.3 is 6.03 Å². The van der Waals surface area contributed by atoms with Crippen molar-refractivity contribution >= 4 is 29.4 Å². The molecule has 164 valence electrons. The van der Waals surface area contributed by atoms with Crippen molar-refractivity contribution in [1.82, 2.24) is 10.2 Å². The molecule has 0 spiro atoms. The Morgan fingerprint density at radius 2 is 1.74 bits per heavy atom. The van der Waals surface area contributed by atoms with E-state index in [2.05, 4.69) is 10.6 Å². The topological polar surface area (TPSA) is 70.7 Å². The number of nitrogens with one attached hydrogen (secondary N) is 2. The third kappa shape index (κ3) is 6.02. The number of piperidine rings is 1. The second kappa shape index (κ2) is 10.7. The maximum absolute atomic E-state index is 12.9. The highest BCUT2D eigenvalue weighted by molar-refractivity contribution is 7.99. The van der Waals surface area contributed by atoms with E-state index in [-0.39, 0.29) is 24.1 Å². The molecule has 31 heavy (non-hydrogen) atoms. The molecule has 4 rings (SSSR count). The Hall–Kier alpha value is -2.51. The average molecular weight is 440 g/mol. The van der Waals surface area contributed by atoms with Gasteiger partial charge < -0.3 is 20.3 Å². The van der Waals surface area contributed by atoms with Crippen LogP contribution in [0.25, 0.3) is 0 Å². The van der Waals surface area contributed by atoms with Gasteiger partial charge in [-0.1, -0.05) is 30.3 Å². The van der Waals surface area contributed by atoms with E-state index in [4.69, 9.17) is 4.74 Å². The lowest BCUT2D eigenvalue weighted by molar-refractivity contribution is 0.0916. The summed E-state index contributed by atoms with van der Waals surface area (Å²) in [7, 11) is 0. The second-order valence-electron chi connectivity index (χ2n) is 7.97. The lowest BCUT2D eigenvalue weighted by Gasteiger charge is -2.32. The van der Waals surface area contributed by atoms with Crippen LogP contribution in [-0.2, 0) is 4.74 Å². The molecule has 2 aliphatic rings. The van der Waals surface area contributed by atoms with E-state index in [1.165, 1.54) is 0 Å².